The van der Waals surface area contributed by atoms with Crippen molar-refractivity contribution in [2.45, 2.75) is 31.6 Å². The van der Waals surface area contributed by atoms with Gasteiger partial charge in [0.25, 0.3) is 15.9 Å². The summed E-state index contributed by atoms with van der Waals surface area (Å²) >= 11 is 0. The third-order valence-corrected chi connectivity index (χ3v) is 7.43. The van der Waals surface area contributed by atoms with Gasteiger partial charge in [-0.3, -0.25) is 9.10 Å². The number of carbonyl (C=O) groups excluding carboxylic acids is 1. The van der Waals surface area contributed by atoms with Crippen molar-refractivity contribution in [3.63, 3.8) is 0 Å². The van der Waals surface area contributed by atoms with Crippen molar-refractivity contribution < 1.29 is 13.2 Å². The van der Waals surface area contributed by atoms with E-state index in [0.29, 0.717) is 24.2 Å². The number of hydrogen-bond acceptors (Lipinski definition) is 3. The molecule has 1 heterocycles. The lowest BCUT2D eigenvalue weighted by Crippen LogP contribution is -2.35. The summed E-state index contributed by atoms with van der Waals surface area (Å²) in [5, 5.41) is 2.97. The van der Waals surface area contributed by atoms with Crippen LogP contribution in [0.5, 0.6) is 0 Å². The Kier molecular flexibility index (Phi) is 5.35. The Morgan fingerprint density at radius 2 is 1.73 bits per heavy atom. The highest BCUT2D eigenvalue weighted by Gasteiger charge is 2.29. The van der Waals surface area contributed by atoms with Crippen LogP contribution in [0.4, 0.5) is 11.4 Å². The average molecular weight is 421 g/mol. The van der Waals surface area contributed by atoms with Crippen molar-refractivity contribution in [1.29, 1.82) is 0 Å². The van der Waals surface area contributed by atoms with Crippen molar-refractivity contribution in [2.75, 3.05) is 16.2 Å². The molecule has 0 fully saturated rings. The molecule has 30 heavy (non-hydrogen) atoms. The molecule has 5 nitrogen and oxygen atoms in total. The van der Waals surface area contributed by atoms with Gasteiger partial charge < -0.3 is 5.32 Å². The van der Waals surface area contributed by atoms with Crippen LogP contribution in [0.3, 0.4) is 0 Å². The van der Waals surface area contributed by atoms with Gasteiger partial charge in [0.05, 0.1) is 10.6 Å². The molecule has 3 aromatic rings. The maximum absolute atomic E-state index is 13.1. The van der Waals surface area contributed by atoms with Crippen molar-refractivity contribution in [3.8, 4) is 0 Å². The number of anilines is 2. The Morgan fingerprint density at radius 3 is 2.50 bits per heavy atom. The van der Waals surface area contributed by atoms with Crippen molar-refractivity contribution >= 4 is 27.3 Å². The fourth-order valence-electron chi connectivity index (χ4n) is 3.75. The quantitative estimate of drug-likeness (QED) is 0.665. The summed E-state index contributed by atoms with van der Waals surface area (Å²) in [6.07, 6.45) is 1.45. The van der Waals surface area contributed by atoms with Crippen LogP contribution in [-0.2, 0) is 16.4 Å². The Bertz CT molecular complexity index is 1200. The van der Waals surface area contributed by atoms with E-state index in [9.17, 15) is 13.2 Å². The highest BCUT2D eigenvalue weighted by atomic mass is 32.2. The number of rotatable bonds is 4. The number of nitrogens with zero attached hydrogens (tertiary/aromatic N) is 1. The largest absolute Gasteiger partial charge is 0.322 e. The number of nitrogens with one attached hydrogen (secondary N) is 1. The number of fused-ring (bicyclic) bond motifs is 1. The van der Waals surface area contributed by atoms with E-state index in [0.717, 1.165) is 28.8 Å². The summed E-state index contributed by atoms with van der Waals surface area (Å²) < 4.78 is 27.7. The minimum absolute atomic E-state index is 0.200. The van der Waals surface area contributed by atoms with Gasteiger partial charge in [-0.2, -0.15) is 0 Å². The van der Waals surface area contributed by atoms with Crippen LogP contribution in [0, 0.1) is 13.8 Å². The van der Waals surface area contributed by atoms with Gasteiger partial charge in [-0.25, -0.2) is 8.42 Å². The van der Waals surface area contributed by atoms with Gasteiger partial charge in [-0.05, 0) is 79.8 Å². The molecule has 6 heteroatoms. The van der Waals surface area contributed by atoms with Crippen LogP contribution in [0.25, 0.3) is 0 Å². The van der Waals surface area contributed by atoms with E-state index < -0.39 is 10.0 Å². The number of amides is 1. The van der Waals surface area contributed by atoms with Crippen molar-refractivity contribution in [2.24, 2.45) is 0 Å². The molecule has 0 aliphatic carbocycles. The summed E-state index contributed by atoms with van der Waals surface area (Å²) in [5.41, 5.74) is 4.96. The minimum atomic E-state index is -3.63. The first-order valence-corrected chi connectivity index (χ1v) is 11.4. The normalized spacial score (nSPS) is 13.6. The third-order valence-electron chi connectivity index (χ3n) is 5.60. The number of hydrogen-bond donors (Lipinski definition) is 1. The Balaban J connectivity index is 1.64. The van der Waals surface area contributed by atoms with Crippen molar-refractivity contribution in [3.05, 3.63) is 89.0 Å². The number of carbonyl (C=O) groups is 1. The topological polar surface area (TPSA) is 66.5 Å². The molecular formula is C24H24N2O3S. The lowest BCUT2D eigenvalue weighted by molar-refractivity contribution is 0.102. The highest BCUT2D eigenvalue weighted by molar-refractivity contribution is 7.92. The molecule has 1 amide bonds. The molecule has 0 saturated carbocycles. The second-order valence-corrected chi connectivity index (χ2v) is 9.40. The van der Waals surface area contributed by atoms with Gasteiger partial charge >= 0.3 is 0 Å². The van der Waals surface area contributed by atoms with E-state index in [1.54, 1.807) is 42.5 Å². The molecule has 3 aromatic carbocycles. The van der Waals surface area contributed by atoms with Crippen LogP contribution < -0.4 is 9.62 Å². The molecule has 4 rings (SSSR count). The smallest absolute Gasteiger partial charge is 0.264 e. The summed E-state index contributed by atoms with van der Waals surface area (Å²) in [6.45, 7) is 4.41. The molecule has 0 unspecified atom stereocenters. The third kappa shape index (κ3) is 3.71. The first-order chi connectivity index (χ1) is 14.4. The zero-order valence-corrected chi connectivity index (χ0v) is 17.9. The number of sulfonamides is 1. The number of aryl methyl sites for hydroxylation is 2. The molecule has 0 bridgehead atoms. The highest BCUT2D eigenvalue weighted by Crippen LogP contribution is 2.33. The van der Waals surface area contributed by atoms with Crippen LogP contribution in [-0.4, -0.2) is 20.9 Å². The molecule has 1 aliphatic heterocycles. The minimum Gasteiger partial charge on any atom is -0.322 e. The first-order valence-electron chi connectivity index (χ1n) is 9.96. The van der Waals surface area contributed by atoms with E-state index >= 15 is 0 Å². The predicted octanol–water partition coefficient (Wildman–Crippen LogP) is 4.70. The molecule has 0 spiro atoms. The standard InChI is InChI=1S/C24H24N2O3S/c1-17-8-6-12-22(18(17)2)25-24(27)20-13-14-23-19(16-20)9-7-15-26(23)30(28,29)21-10-4-3-5-11-21/h3-6,8,10-14,16H,7,9,15H2,1-2H3,(H,25,27). The zero-order valence-electron chi connectivity index (χ0n) is 17.1. The lowest BCUT2D eigenvalue weighted by Gasteiger charge is -2.30. The van der Waals surface area contributed by atoms with Crippen molar-refractivity contribution in [1.82, 2.24) is 0 Å². The Hall–Kier alpha value is -3.12. The van der Waals surface area contributed by atoms with E-state index in [-0.39, 0.29) is 10.8 Å². The van der Waals surface area contributed by atoms with Crippen LogP contribution in [0.15, 0.2) is 71.6 Å². The maximum Gasteiger partial charge on any atom is 0.264 e. The van der Waals surface area contributed by atoms with Crippen LogP contribution in [0.2, 0.25) is 0 Å². The van der Waals surface area contributed by atoms with E-state index in [1.807, 2.05) is 38.1 Å². The molecule has 1 N–H and O–H groups in total. The fraction of sp³-hybridized carbons (Fsp3) is 0.208. The van der Waals surface area contributed by atoms with E-state index in [1.165, 1.54) is 4.31 Å². The second kappa shape index (κ2) is 7.95. The van der Waals surface area contributed by atoms with E-state index in [2.05, 4.69) is 5.32 Å². The average Bonchev–Trinajstić information content (AvgIpc) is 2.76. The SMILES string of the molecule is Cc1cccc(NC(=O)c2ccc3c(c2)CCCN3S(=O)(=O)c2ccccc2)c1C. The Morgan fingerprint density at radius 1 is 0.967 bits per heavy atom. The molecule has 0 radical (unpaired) electrons. The fourth-order valence-corrected chi connectivity index (χ4v) is 5.32. The summed E-state index contributed by atoms with van der Waals surface area (Å²) in [4.78, 5) is 13.1. The van der Waals surface area contributed by atoms with Gasteiger partial charge in [-0.15, -0.1) is 0 Å². The predicted molar refractivity (Wildman–Crippen MR) is 120 cm³/mol. The van der Waals surface area contributed by atoms with Crippen LogP contribution in [0.1, 0.15) is 33.5 Å². The van der Waals surface area contributed by atoms with Crippen LogP contribution >= 0.6 is 0 Å². The van der Waals surface area contributed by atoms with E-state index in [4.69, 9.17) is 0 Å². The monoisotopic (exact) mass is 420 g/mol. The molecule has 154 valence electrons. The van der Waals surface area contributed by atoms with Gasteiger partial charge in [0.1, 0.15) is 0 Å². The van der Waals surface area contributed by atoms with Gasteiger partial charge in [0.2, 0.25) is 0 Å². The van der Waals surface area contributed by atoms with Gasteiger partial charge in [0, 0.05) is 17.8 Å². The molecule has 0 atom stereocenters. The molecule has 0 saturated heterocycles. The zero-order chi connectivity index (χ0) is 21.3. The van der Waals surface area contributed by atoms with Gasteiger partial charge in [0.15, 0.2) is 0 Å². The Labute approximate surface area is 177 Å². The summed E-state index contributed by atoms with van der Waals surface area (Å²) in [5.74, 6) is -0.200. The van der Waals surface area contributed by atoms with Gasteiger partial charge in [-0.1, -0.05) is 30.3 Å². The lowest BCUT2D eigenvalue weighted by atomic mass is 10.0. The molecule has 1 aliphatic rings. The second-order valence-electron chi connectivity index (χ2n) is 7.54. The molecular weight excluding hydrogens is 396 g/mol. The first kappa shape index (κ1) is 20.2. The number of benzene rings is 3. The molecule has 0 aromatic heterocycles. The summed E-state index contributed by atoms with van der Waals surface area (Å²) in [6, 6.07) is 19.5. The maximum atomic E-state index is 13.1. The summed E-state index contributed by atoms with van der Waals surface area (Å²) in [7, 11) is -3.63.